The predicted molar refractivity (Wildman–Crippen MR) is 81.2 cm³/mol. The first-order valence-electron chi connectivity index (χ1n) is 7.71. The Hall–Kier alpha value is -0.430. The highest BCUT2D eigenvalue weighted by Crippen LogP contribution is 2.36. The van der Waals surface area contributed by atoms with Crippen LogP contribution in [-0.2, 0) is 24.0 Å². The molecule has 5 nitrogen and oxygen atoms in total. The van der Waals surface area contributed by atoms with Crippen molar-refractivity contribution >= 4 is 9.84 Å². The number of methoxy groups -OCH3 is 1. The molecule has 0 N–H and O–H groups in total. The summed E-state index contributed by atoms with van der Waals surface area (Å²) in [6, 6.07) is 0. The van der Waals surface area contributed by atoms with Crippen LogP contribution in [0.1, 0.15) is 32.1 Å². The maximum atomic E-state index is 12.1. The fraction of sp³-hybridized carbons (Fsp3) is 0.867. The Morgan fingerprint density at radius 2 is 1.81 bits per heavy atom. The molecule has 2 unspecified atom stereocenters. The van der Waals surface area contributed by atoms with Gasteiger partial charge in [-0.25, -0.2) is 8.42 Å². The average Bonchev–Trinajstić information content (AvgIpc) is 2.42. The summed E-state index contributed by atoms with van der Waals surface area (Å²) in [5.41, 5.74) is 1.25. The number of fused-ring (bicyclic) bond motifs is 2. The molecule has 0 aromatic carbocycles. The lowest BCUT2D eigenvalue weighted by atomic mass is 9.96. The Kier molecular flexibility index (Phi) is 6.67. The molecule has 0 saturated carbocycles. The Balaban J connectivity index is 1.65. The SMILES string of the molecule is COCCOCCOCCC1=CC2CCCC(C1)S2(=O)=O. The van der Waals surface area contributed by atoms with E-state index in [9.17, 15) is 8.42 Å². The van der Waals surface area contributed by atoms with Crippen LogP contribution in [-0.4, -0.2) is 59.1 Å². The normalized spacial score (nSPS) is 27.4. The Bertz CT molecular complexity index is 443. The lowest BCUT2D eigenvalue weighted by molar-refractivity contribution is 0.0254. The fourth-order valence-corrected chi connectivity index (χ4v) is 5.31. The van der Waals surface area contributed by atoms with Crippen LogP contribution in [0.15, 0.2) is 11.6 Å². The van der Waals surface area contributed by atoms with Gasteiger partial charge >= 0.3 is 0 Å². The van der Waals surface area contributed by atoms with E-state index >= 15 is 0 Å². The van der Waals surface area contributed by atoms with Gasteiger partial charge in [-0.1, -0.05) is 18.1 Å². The first kappa shape index (κ1) is 16.9. The van der Waals surface area contributed by atoms with Crippen LogP contribution in [0.3, 0.4) is 0 Å². The third-order valence-corrected chi connectivity index (χ3v) is 6.73. The van der Waals surface area contributed by atoms with Gasteiger partial charge in [-0.15, -0.1) is 0 Å². The van der Waals surface area contributed by atoms with Gasteiger partial charge in [0.15, 0.2) is 9.84 Å². The van der Waals surface area contributed by atoms with Crippen LogP contribution in [0.25, 0.3) is 0 Å². The fourth-order valence-electron chi connectivity index (χ4n) is 3.00. The zero-order chi connectivity index (χ0) is 15.1. The third-order valence-electron chi connectivity index (χ3n) is 4.18. The lowest BCUT2D eigenvalue weighted by Gasteiger charge is -2.33. The maximum Gasteiger partial charge on any atom is 0.159 e. The molecular weight excluding hydrogens is 292 g/mol. The van der Waals surface area contributed by atoms with Crippen molar-refractivity contribution in [3.8, 4) is 0 Å². The van der Waals surface area contributed by atoms with Gasteiger partial charge in [-0.05, 0) is 25.7 Å². The Morgan fingerprint density at radius 3 is 2.52 bits per heavy atom. The third kappa shape index (κ3) is 4.77. The molecule has 0 aromatic rings. The van der Waals surface area contributed by atoms with E-state index in [-0.39, 0.29) is 10.5 Å². The molecule has 2 atom stereocenters. The molecule has 2 aliphatic rings. The van der Waals surface area contributed by atoms with E-state index in [0.29, 0.717) is 39.5 Å². The van der Waals surface area contributed by atoms with Crippen LogP contribution in [0.4, 0.5) is 0 Å². The molecular formula is C15H26O5S. The average molecular weight is 318 g/mol. The Labute approximate surface area is 127 Å². The van der Waals surface area contributed by atoms with Gasteiger partial charge in [-0.3, -0.25) is 0 Å². The quantitative estimate of drug-likeness (QED) is 0.478. The first-order chi connectivity index (χ1) is 10.1. The zero-order valence-corrected chi connectivity index (χ0v) is 13.6. The molecule has 0 amide bonds. The van der Waals surface area contributed by atoms with Gasteiger partial charge in [0, 0.05) is 7.11 Å². The zero-order valence-electron chi connectivity index (χ0n) is 12.8. The second-order valence-electron chi connectivity index (χ2n) is 5.68. The van der Waals surface area contributed by atoms with Crippen molar-refractivity contribution in [1.29, 1.82) is 0 Å². The van der Waals surface area contributed by atoms with Gasteiger partial charge in [-0.2, -0.15) is 0 Å². The van der Waals surface area contributed by atoms with Crippen molar-refractivity contribution in [2.24, 2.45) is 0 Å². The van der Waals surface area contributed by atoms with Gasteiger partial charge in [0.1, 0.15) is 0 Å². The number of ether oxygens (including phenoxy) is 3. The number of hydrogen-bond donors (Lipinski definition) is 0. The minimum Gasteiger partial charge on any atom is -0.382 e. The van der Waals surface area contributed by atoms with Crippen LogP contribution in [0.5, 0.6) is 0 Å². The highest BCUT2D eigenvalue weighted by molar-refractivity contribution is 7.92. The monoisotopic (exact) mass is 318 g/mol. The second-order valence-corrected chi connectivity index (χ2v) is 8.13. The van der Waals surface area contributed by atoms with Crippen LogP contribution < -0.4 is 0 Å². The molecule has 2 heterocycles. The van der Waals surface area contributed by atoms with Crippen LogP contribution >= 0.6 is 0 Å². The molecule has 2 bridgehead atoms. The van der Waals surface area contributed by atoms with E-state index < -0.39 is 9.84 Å². The smallest absolute Gasteiger partial charge is 0.159 e. The highest BCUT2D eigenvalue weighted by Gasteiger charge is 2.39. The summed E-state index contributed by atoms with van der Waals surface area (Å²) in [5, 5.41) is -0.383. The van der Waals surface area contributed by atoms with Gasteiger partial charge in [0.05, 0.1) is 43.5 Å². The molecule has 21 heavy (non-hydrogen) atoms. The van der Waals surface area contributed by atoms with E-state index in [1.165, 1.54) is 5.57 Å². The van der Waals surface area contributed by atoms with Crippen LogP contribution in [0, 0.1) is 0 Å². The van der Waals surface area contributed by atoms with Crippen molar-refractivity contribution in [3.05, 3.63) is 11.6 Å². The molecule has 1 saturated heterocycles. The highest BCUT2D eigenvalue weighted by atomic mass is 32.2. The summed E-state index contributed by atoms with van der Waals surface area (Å²) in [5.74, 6) is 0. The van der Waals surface area contributed by atoms with Crippen molar-refractivity contribution < 1.29 is 22.6 Å². The van der Waals surface area contributed by atoms with Crippen molar-refractivity contribution in [2.75, 3.05) is 40.1 Å². The van der Waals surface area contributed by atoms with E-state index in [0.717, 1.165) is 25.7 Å². The Morgan fingerprint density at radius 1 is 1.10 bits per heavy atom. The minimum atomic E-state index is -2.90. The number of hydrogen-bond acceptors (Lipinski definition) is 5. The van der Waals surface area contributed by atoms with E-state index in [1.54, 1.807) is 7.11 Å². The summed E-state index contributed by atoms with van der Waals surface area (Å²) in [6.07, 6.45) is 6.16. The van der Waals surface area contributed by atoms with Crippen molar-refractivity contribution in [2.45, 2.75) is 42.6 Å². The summed E-state index contributed by atoms with van der Waals surface area (Å²) in [7, 11) is -1.25. The summed E-state index contributed by atoms with van der Waals surface area (Å²) in [4.78, 5) is 0. The largest absolute Gasteiger partial charge is 0.382 e. The molecule has 122 valence electrons. The van der Waals surface area contributed by atoms with Gasteiger partial charge in [0.25, 0.3) is 0 Å². The van der Waals surface area contributed by atoms with E-state index in [2.05, 4.69) is 0 Å². The molecule has 0 aliphatic carbocycles. The molecule has 1 fully saturated rings. The number of sulfone groups is 1. The maximum absolute atomic E-state index is 12.1. The number of rotatable bonds is 9. The molecule has 2 aliphatic heterocycles. The van der Waals surface area contributed by atoms with Gasteiger partial charge in [0.2, 0.25) is 0 Å². The van der Waals surface area contributed by atoms with Crippen molar-refractivity contribution in [3.63, 3.8) is 0 Å². The molecule has 0 spiro atoms. The minimum absolute atomic E-state index is 0.145. The molecule has 2 rings (SSSR count). The molecule has 0 radical (unpaired) electrons. The molecule has 6 heteroatoms. The van der Waals surface area contributed by atoms with Gasteiger partial charge < -0.3 is 14.2 Å². The topological polar surface area (TPSA) is 61.8 Å². The standard InChI is InChI=1S/C15H26O5S/c1-18-7-8-20-10-9-19-6-5-13-11-14-3-2-4-15(12-13)21(14,16)17/h11,14-15H,2-10,12H2,1H3. The second kappa shape index (κ2) is 8.27. The van der Waals surface area contributed by atoms with Crippen LogP contribution in [0.2, 0.25) is 0 Å². The molecule has 0 aromatic heterocycles. The van der Waals surface area contributed by atoms with E-state index in [1.807, 2.05) is 6.08 Å². The lowest BCUT2D eigenvalue weighted by Crippen LogP contribution is -2.39. The summed E-state index contributed by atoms with van der Waals surface area (Å²) in [6.45, 7) is 2.97. The van der Waals surface area contributed by atoms with Crippen molar-refractivity contribution in [1.82, 2.24) is 0 Å². The predicted octanol–water partition coefficient (Wildman–Crippen LogP) is 1.72. The summed E-state index contributed by atoms with van der Waals surface area (Å²) >= 11 is 0. The first-order valence-corrected chi connectivity index (χ1v) is 9.32. The van der Waals surface area contributed by atoms with E-state index in [4.69, 9.17) is 14.2 Å². The summed E-state index contributed by atoms with van der Waals surface area (Å²) < 4.78 is 40.0.